The Labute approximate surface area is 87.6 Å². The van der Waals surface area contributed by atoms with Crippen LogP contribution in [0.4, 0.5) is 5.82 Å². The zero-order valence-electron chi connectivity index (χ0n) is 8.09. The van der Waals surface area contributed by atoms with E-state index in [1.54, 1.807) is 22.9 Å². The van der Waals surface area contributed by atoms with E-state index in [1.165, 1.54) is 0 Å². The van der Waals surface area contributed by atoms with E-state index >= 15 is 0 Å². The SMILES string of the molecule is N#Cc1ccc(Cn2ccc(N)n2)cc1. The fraction of sp³-hybridized carbons (Fsp3) is 0.0909. The Balaban J connectivity index is 2.15. The molecule has 4 heteroatoms. The highest BCUT2D eigenvalue weighted by molar-refractivity contribution is 5.32. The second kappa shape index (κ2) is 3.84. The lowest BCUT2D eigenvalue weighted by Gasteiger charge is -2.01. The van der Waals surface area contributed by atoms with Crippen LogP contribution in [0, 0.1) is 11.3 Å². The molecule has 0 fully saturated rings. The highest BCUT2D eigenvalue weighted by atomic mass is 15.3. The van der Waals surface area contributed by atoms with Gasteiger partial charge in [-0.2, -0.15) is 10.4 Å². The molecule has 0 bridgehead atoms. The molecule has 2 rings (SSSR count). The van der Waals surface area contributed by atoms with Crippen molar-refractivity contribution >= 4 is 5.82 Å². The van der Waals surface area contributed by atoms with E-state index in [2.05, 4.69) is 11.2 Å². The van der Waals surface area contributed by atoms with Crippen LogP contribution in [0.25, 0.3) is 0 Å². The summed E-state index contributed by atoms with van der Waals surface area (Å²) in [5.74, 6) is 0.517. The lowest BCUT2D eigenvalue weighted by molar-refractivity contribution is 0.690. The number of anilines is 1. The van der Waals surface area contributed by atoms with E-state index < -0.39 is 0 Å². The average Bonchev–Trinajstić information content (AvgIpc) is 2.65. The standard InChI is InChI=1S/C11H10N4/c12-7-9-1-3-10(4-2-9)8-15-6-5-11(13)14-15/h1-6H,8H2,(H2,13,14). The number of hydrogen-bond donors (Lipinski definition) is 1. The van der Waals surface area contributed by atoms with E-state index in [0.717, 1.165) is 5.56 Å². The number of nitrogen functional groups attached to an aromatic ring is 1. The summed E-state index contributed by atoms with van der Waals surface area (Å²) >= 11 is 0. The van der Waals surface area contributed by atoms with Crippen molar-refractivity contribution in [1.82, 2.24) is 9.78 Å². The first-order valence-electron chi connectivity index (χ1n) is 4.56. The third-order valence-corrected chi connectivity index (χ3v) is 2.09. The fourth-order valence-electron chi connectivity index (χ4n) is 1.34. The van der Waals surface area contributed by atoms with Crippen LogP contribution in [0.15, 0.2) is 36.5 Å². The lowest BCUT2D eigenvalue weighted by Crippen LogP contribution is -2.00. The van der Waals surface area contributed by atoms with Gasteiger partial charge in [-0.05, 0) is 23.8 Å². The summed E-state index contributed by atoms with van der Waals surface area (Å²) in [5.41, 5.74) is 7.26. The number of nitrogens with zero attached hydrogens (tertiary/aromatic N) is 3. The number of aromatic nitrogens is 2. The Hall–Kier alpha value is -2.28. The minimum Gasteiger partial charge on any atom is -0.382 e. The molecule has 2 aromatic rings. The van der Waals surface area contributed by atoms with Gasteiger partial charge in [0.2, 0.25) is 0 Å². The van der Waals surface area contributed by atoms with Gasteiger partial charge in [-0.25, -0.2) is 0 Å². The molecule has 0 saturated carbocycles. The number of benzene rings is 1. The van der Waals surface area contributed by atoms with E-state index in [4.69, 9.17) is 11.0 Å². The molecule has 0 atom stereocenters. The van der Waals surface area contributed by atoms with Gasteiger partial charge in [-0.3, -0.25) is 4.68 Å². The zero-order chi connectivity index (χ0) is 10.7. The Morgan fingerprint density at radius 3 is 2.53 bits per heavy atom. The van der Waals surface area contributed by atoms with Gasteiger partial charge in [-0.15, -0.1) is 0 Å². The summed E-state index contributed by atoms with van der Waals surface area (Å²) in [6.07, 6.45) is 1.83. The fourth-order valence-corrected chi connectivity index (χ4v) is 1.34. The first kappa shape index (κ1) is 9.28. The molecule has 0 aliphatic heterocycles. The van der Waals surface area contributed by atoms with Gasteiger partial charge in [0.15, 0.2) is 0 Å². The predicted octanol–water partition coefficient (Wildman–Crippen LogP) is 1.39. The number of nitrogens with two attached hydrogens (primary N) is 1. The van der Waals surface area contributed by atoms with Crippen molar-refractivity contribution in [2.45, 2.75) is 6.54 Å². The molecule has 0 aliphatic rings. The maximum atomic E-state index is 8.64. The highest BCUT2D eigenvalue weighted by Crippen LogP contribution is 2.06. The van der Waals surface area contributed by atoms with Crippen molar-refractivity contribution in [3.05, 3.63) is 47.7 Å². The van der Waals surface area contributed by atoms with Crippen LogP contribution < -0.4 is 5.73 Å². The van der Waals surface area contributed by atoms with Crippen molar-refractivity contribution in [3.8, 4) is 6.07 Å². The summed E-state index contributed by atoms with van der Waals surface area (Å²) < 4.78 is 1.76. The third kappa shape index (κ3) is 2.15. The lowest BCUT2D eigenvalue weighted by atomic mass is 10.1. The summed E-state index contributed by atoms with van der Waals surface area (Å²) in [7, 11) is 0. The average molecular weight is 198 g/mol. The molecule has 0 aliphatic carbocycles. The molecule has 1 heterocycles. The van der Waals surface area contributed by atoms with Gasteiger partial charge in [0, 0.05) is 6.20 Å². The van der Waals surface area contributed by atoms with E-state index in [0.29, 0.717) is 17.9 Å². The molecular formula is C11H10N4. The van der Waals surface area contributed by atoms with Gasteiger partial charge < -0.3 is 5.73 Å². The third-order valence-electron chi connectivity index (χ3n) is 2.09. The van der Waals surface area contributed by atoms with Crippen LogP contribution in [-0.2, 0) is 6.54 Å². The second-order valence-corrected chi connectivity index (χ2v) is 3.25. The van der Waals surface area contributed by atoms with Crippen LogP contribution in [0.5, 0.6) is 0 Å². The Kier molecular flexibility index (Phi) is 2.38. The van der Waals surface area contributed by atoms with Crippen LogP contribution in [-0.4, -0.2) is 9.78 Å². The number of hydrogen-bond acceptors (Lipinski definition) is 3. The molecular weight excluding hydrogens is 188 g/mol. The number of nitriles is 1. The first-order valence-corrected chi connectivity index (χ1v) is 4.56. The molecule has 0 saturated heterocycles. The van der Waals surface area contributed by atoms with Gasteiger partial charge in [0.25, 0.3) is 0 Å². The van der Waals surface area contributed by atoms with Gasteiger partial charge in [0.1, 0.15) is 5.82 Å². The second-order valence-electron chi connectivity index (χ2n) is 3.25. The molecule has 0 unspecified atom stereocenters. The first-order chi connectivity index (χ1) is 7.28. The molecule has 74 valence electrons. The Morgan fingerprint density at radius 1 is 1.27 bits per heavy atom. The van der Waals surface area contributed by atoms with Gasteiger partial charge >= 0.3 is 0 Å². The molecule has 0 amide bonds. The summed E-state index contributed by atoms with van der Waals surface area (Å²) in [6.45, 7) is 0.670. The van der Waals surface area contributed by atoms with Crippen molar-refractivity contribution in [3.63, 3.8) is 0 Å². The minimum absolute atomic E-state index is 0.517. The van der Waals surface area contributed by atoms with E-state index in [-0.39, 0.29) is 0 Å². The topological polar surface area (TPSA) is 67.6 Å². The molecule has 1 aromatic carbocycles. The smallest absolute Gasteiger partial charge is 0.145 e. The molecule has 0 spiro atoms. The quantitative estimate of drug-likeness (QED) is 0.792. The molecule has 2 N–H and O–H groups in total. The van der Waals surface area contributed by atoms with E-state index in [1.807, 2.05) is 18.3 Å². The largest absolute Gasteiger partial charge is 0.382 e. The molecule has 15 heavy (non-hydrogen) atoms. The monoisotopic (exact) mass is 198 g/mol. The Bertz CT molecular complexity index is 490. The molecule has 1 aromatic heterocycles. The summed E-state index contributed by atoms with van der Waals surface area (Å²) in [6, 6.07) is 11.2. The van der Waals surface area contributed by atoms with Crippen LogP contribution in [0.1, 0.15) is 11.1 Å². The minimum atomic E-state index is 0.517. The molecule has 4 nitrogen and oxygen atoms in total. The van der Waals surface area contributed by atoms with E-state index in [9.17, 15) is 0 Å². The van der Waals surface area contributed by atoms with Crippen molar-refractivity contribution in [1.29, 1.82) is 5.26 Å². The summed E-state index contributed by atoms with van der Waals surface area (Å²) in [4.78, 5) is 0. The van der Waals surface area contributed by atoms with Crippen molar-refractivity contribution < 1.29 is 0 Å². The van der Waals surface area contributed by atoms with Crippen molar-refractivity contribution in [2.75, 3.05) is 5.73 Å². The highest BCUT2D eigenvalue weighted by Gasteiger charge is 1.97. The zero-order valence-corrected chi connectivity index (χ0v) is 8.09. The normalized spacial score (nSPS) is 9.80. The summed E-state index contributed by atoms with van der Waals surface area (Å²) in [5, 5.41) is 12.7. The molecule has 0 radical (unpaired) electrons. The number of rotatable bonds is 2. The maximum absolute atomic E-state index is 8.64. The van der Waals surface area contributed by atoms with Crippen LogP contribution >= 0.6 is 0 Å². The van der Waals surface area contributed by atoms with Crippen molar-refractivity contribution in [2.24, 2.45) is 0 Å². The van der Waals surface area contributed by atoms with Gasteiger partial charge in [0.05, 0.1) is 18.2 Å². The van der Waals surface area contributed by atoms with Crippen LogP contribution in [0.3, 0.4) is 0 Å². The predicted molar refractivity (Wildman–Crippen MR) is 56.9 cm³/mol. The Morgan fingerprint density at radius 2 is 2.00 bits per heavy atom. The van der Waals surface area contributed by atoms with Crippen LogP contribution in [0.2, 0.25) is 0 Å². The maximum Gasteiger partial charge on any atom is 0.145 e. The van der Waals surface area contributed by atoms with Gasteiger partial charge in [-0.1, -0.05) is 12.1 Å².